The molecule has 0 radical (unpaired) electrons. The van der Waals surface area contributed by atoms with Crippen LogP contribution in [0.2, 0.25) is 0 Å². The number of rotatable bonds is 7. The quantitative estimate of drug-likeness (QED) is 0.269. The minimum absolute atomic E-state index is 0.140. The molecule has 9 heteroatoms. The Morgan fingerprint density at radius 3 is 2.53 bits per heavy atom. The number of aromatic nitrogens is 5. The lowest BCUT2D eigenvalue weighted by molar-refractivity contribution is 0.126. The standard InChI is InChI=1S/C25H24N6O3/c1-16-17(2)31(20-7-5-6-8-21(20)33-4)24-23(16)25-28-22(29-30(25)15-26-24)14-34-27-13-18-9-11-19(32-3)12-10-18/h5-13,15H,14H2,1-4H3. The van der Waals surface area contributed by atoms with Crippen molar-refractivity contribution in [1.82, 2.24) is 24.1 Å². The molecule has 172 valence electrons. The predicted molar refractivity (Wildman–Crippen MR) is 129 cm³/mol. The molecule has 3 heterocycles. The van der Waals surface area contributed by atoms with Crippen molar-refractivity contribution in [2.75, 3.05) is 14.2 Å². The lowest BCUT2D eigenvalue weighted by Gasteiger charge is -2.12. The summed E-state index contributed by atoms with van der Waals surface area (Å²) in [7, 11) is 3.30. The van der Waals surface area contributed by atoms with Crippen molar-refractivity contribution in [3.05, 3.63) is 77.5 Å². The van der Waals surface area contributed by atoms with E-state index >= 15 is 0 Å². The molecule has 5 aromatic rings. The SMILES string of the molecule is COc1ccc(C=NOCc2nc3c4c(C)c(C)n(-c5ccccc5OC)c4ncn3n2)cc1. The second kappa shape index (κ2) is 8.86. The van der Waals surface area contributed by atoms with E-state index in [0.717, 1.165) is 50.7 Å². The molecule has 0 aliphatic carbocycles. The molecule has 0 unspecified atom stereocenters. The molecular formula is C25H24N6O3. The minimum atomic E-state index is 0.140. The lowest BCUT2D eigenvalue weighted by atomic mass is 10.2. The van der Waals surface area contributed by atoms with Crippen molar-refractivity contribution in [2.45, 2.75) is 20.5 Å². The number of benzene rings is 2. The lowest BCUT2D eigenvalue weighted by Crippen LogP contribution is -2.01. The van der Waals surface area contributed by atoms with Crippen LogP contribution in [0.4, 0.5) is 0 Å². The van der Waals surface area contributed by atoms with Crippen LogP contribution in [0.25, 0.3) is 22.4 Å². The maximum Gasteiger partial charge on any atom is 0.192 e. The van der Waals surface area contributed by atoms with Gasteiger partial charge in [-0.15, -0.1) is 5.10 Å². The van der Waals surface area contributed by atoms with Crippen LogP contribution in [0.1, 0.15) is 22.6 Å². The highest BCUT2D eigenvalue weighted by molar-refractivity contribution is 5.95. The number of fused-ring (bicyclic) bond motifs is 3. The van der Waals surface area contributed by atoms with E-state index in [1.807, 2.05) is 48.5 Å². The van der Waals surface area contributed by atoms with Gasteiger partial charge in [0, 0.05) is 5.69 Å². The number of nitrogens with zero attached hydrogens (tertiary/aromatic N) is 6. The molecule has 0 atom stereocenters. The highest BCUT2D eigenvalue weighted by Crippen LogP contribution is 2.33. The van der Waals surface area contributed by atoms with Crippen LogP contribution in [-0.2, 0) is 11.4 Å². The Hall–Kier alpha value is -4.40. The third-order valence-electron chi connectivity index (χ3n) is 5.79. The largest absolute Gasteiger partial charge is 0.497 e. The molecule has 0 bridgehead atoms. The van der Waals surface area contributed by atoms with Crippen LogP contribution in [0.3, 0.4) is 0 Å². The zero-order chi connectivity index (χ0) is 23.7. The molecule has 0 spiro atoms. The van der Waals surface area contributed by atoms with Crippen molar-refractivity contribution < 1.29 is 14.3 Å². The van der Waals surface area contributed by atoms with Gasteiger partial charge in [0.2, 0.25) is 0 Å². The van der Waals surface area contributed by atoms with Gasteiger partial charge in [0.05, 0.1) is 31.5 Å². The monoisotopic (exact) mass is 456 g/mol. The normalized spacial score (nSPS) is 11.5. The van der Waals surface area contributed by atoms with Gasteiger partial charge < -0.3 is 14.3 Å². The first-order valence-corrected chi connectivity index (χ1v) is 10.8. The summed E-state index contributed by atoms with van der Waals surface area (Å²) in [5.41, 5.74) is 5.48. The summed E-state index contributed by atoms with van der Waals surface area (Å²) in [4.78, 5) is 14.8. The zero-order valence-electron chi connectivity index (χ0n) is 19.4. The molecule has 0 saturated carbocycles. The highest BCUT2D eigenvalue weighted by atomic mass is 16.6. The number of methoxy groups -OCH3 is 2. The maximum absolute atomic E-state index is 5.58. The summed E-state index contributed by atoms with van der Waals surface area (Å²) >= 11 is 0. The highest BCUT2D eigenvalue weighted by Gasteiger charge is 2.20. The average Bonchev–Trinajstić information content (AvgIpc) is 3.40. The first-order valence-electron chi connectivity index (χ1n) is 10.8. The third kappa shape index (κ3) is 3.71. The summed E-state index contributed by atoms with van der Waals surface area (Å²) in [5.74, 6) is 2.08. The van der Waals surface area contributed by atoms with E-state index in [4.69, 9.17) is 24.3 Å². The predicted octanol–water partition coefficient (Wildman–Crippen LogP) is 4.25. The maximum atomic E-state index is 5.58. The van der Waals surface area contributed by atoms with E-state index in [0.29, 0.717) is 5.82 Å². The van der Waals surface area contributed by atoms with Gasteiger partial charge >= 0.3 is 0 Å². The van der Waals surface area contributed by atoms with Crippen molar-refractivity contribution in [3.63, 3.8) is 0 Å². The van der Waals surface area contributed by atoms with Gasteiger partial charge in [0.15, 0.2) is 23.7 Å². The van der Waals surface area contributed by atoms with E-state index in [1.165, 1.54) is 0 Å². The molecule has 0 aliphatic rings. The molecule has 0 saturated heterocycles. The Balaban J connectivity index is 1.45. The molecule has 0 aliphatic heterocycles. The van der Waals surface area contributed by atoms with Gasteiger partial charge in [-0.3, -0.25) is 4.57 Å². The number of hydrogen-bond acceptors (Lipinski definition) is 7. The van der Waals surface area contributed by atoms with Crippen molar-refractivity contribution >= 4 is 22.9 Å². The van der Waals surface area contributed by atoms with Crippen LogP contribution in [-0.4, -0.2) is 44.6 Å². The van der Waals surface area contributed by atoms with Crippen molar-refractivity contribution in [3.8, 4) is 17.2 Å². The van der Waals surface area contributed by atoms with E-state index in [9.17, 15) is 0 Å². The average molecular weight is 457 g/mol. The Kier molecular flexibility index (Phi) is 5.59. The Morgan fingerprint density at radius 1 is 0.971 bits per heavy atom. The topological polar surface area (TPSA) is 88.1 Å². The molecule has 0 N–H and O–H groups in total. The first kappa shape index (κ1) is 21.4. The summed E-state index contributed by atoms with van der Waals surface area (Å²) < 4.78 is 14.5. The van der Waals surface area contributed by atoms with Gasteiger partial charge in [-0.25, -0.2) is 14.5 Å². The fourth-order valence-corrected chi connectivity index (χ4v) is 3.96. The summed E-state index contributed by atoms with van der Waals surface area (Å²) in [5, 5.41) is 9.48. The summed E-state index contributed by atoms with van der Waals surface area (Å²) in [6, 6.07) is 15.4. The number of oxime groups is 1. The third-order valence-corrected chi connectivity index (χ3v) is 5.79. The molecular weight excluding hydrogens is 432 g/mol. The van der Waals surface area contributed by atoms with Crippen molar-refractivity contribution in [1.29, 1.82) is 0 Å². The van der Waals surface area contributed by atoms with Gasteiger partial charge in [0.1, 0.15) is 17.8 Å². The molecule has 5 rings (SSSR count). The molecule has 34 heavy (non-hydrogen) atoms. The smallest absolute Gasteiger partial charge is 0.192 e. The molecule has 0 fully saturated rings. The van der Waals surface area contributed by atoms with Gasteiger partial charge in [-0.2, -0.15) is 0 Å². The fourth-order valence-electron chi connectivity index (χ4n) is 3.96. The van der Waals surface area contributed by atoms with Gasteiger partial charge in [-0.05, 0) is 61.4 Å². The number of hydrogen-bond donors (Lipinski definition) is 0. The summed E-state index contributed by atoms with van der Waals surface area (Å²) in [6.07, 6.45) is 3.30. The Labute approximate surface area is 196 Å². The summed E-state index contributed by atoms with van der Waals surface area (Å²) in [6.45, 7) is 4.27. The van der Waals surface area contributed by atoms with E-state index < -0.39 is 0 Å². The number of ether oxygens (including phenoxy) is 2. The fraction of sp³-hybridized carbons (Fsp3) is 0.200. The second-order valence-corrected chi connectivity index (χ2v) is 7.74. The molecule has 2 aromatic carbocycles. The van der Waals surface area contributed by atoms with Gasteiger partial charge in [0.25, 0.3) is 0 Å². The Bertz CT molecular complexity index is 1500. The van der Waals surface area contributed by atoms with E-state index in [1.54, 1.807) is 31.3 Å². The number of para-hydroxylation sites is 2. The number of aryl methyl sites for hydroxylation is 1. The van der Waals surface area contributed by atoms with Crippen LogP contribution in [0, 0.1) is 13.8 Å². The second-order valence-electron chi connectivity index (χ2n) is 7.74. The molecule has 0 amide bonds. The minimum Gasteiger partial charge on any atom is -0.497 e. The van der Waals surface area contributed by atoms with E-state index in [-0.39, 0.29) is 6.61 Å². The van der Waals surface area contributed by atoms with Crippen molar-refractivity contribution in [2.24, 2.45) is 5.16 Å². The van der Waals surface area contributed by atoms with Crippen LogP contribution in [0.15, 0.2) is 60.0 Å². The molecule has 9 nitrogen and oxygen atoms in total. The van der Waals surface area contributed by atoms with Crippen LogP contribution >= 0.6 is 0 Å². The Morgan fingerprint density at radius 2 is 1.76 bits per heavy atom. The van der Waals surface area contributed by atoms with Gasteiger partial charge in [-0.1, -0.05) is 17.3 Å². The van der Waals surface area contributed by atoms with Crippen LogP contribution in [0.5, 0.6) is 11.5 Å². The van der Waals surface area contributed by atoms with E-state index in [2.05, 4.69) is 28.7 Å². The first-order chi connectivity index (χ1) is 16.6. The van der Waals surface area contributed by atoms with Crippen LogP contribution < -0.4 is 9.47 Å². The molecule has 3 aromatic heterocycles. The zero-order valence-corrected chi connectivity index (χ0v) is 19.4.